The van der Waals surface area contributed by atoms with Crippen molar-refractivity contribution in [2.24, 2.45) is 0 Å². The predicted molar refractivity (Wildman–Crippen MR) is 85.5 cm³/mol. The summed E-state index contributed by atoms with van der Waals surface area (Å²) in [4.78, 5) is 12.4. The highest BCUT2D eigenvalue weighted by Crippen LogP contribution is 2.23. The molecular weight excluding hydrogens is 318 g/mol. The van der Waals surface area contributed by atoms with Crippen LogP contribution in [0.4, 0.5) is 0 Å². The van der Waals surface area contributed by atoms with Crippen LogP contribution in [0.1, 0.15) is 32.8 Å². The third-order valence-electron chi connectivity index (χ3n) is 3.46. The number of benzene rings is 1. The quantitative estimate of drug-likeness (QED) is 0.649. The molecule has 2 atom stereocenters. The Morgan fingerprint density at radius 3 is 2.39 bits per heavy atom. The number of carbonyl (C=O) groups is 1. The van der Waals surface area contributed by atoms with E-state index in [1.807, 2.05) is 0 Å². The van der Waals surface area contributed by atoms with Crippen LogP contribution >= 0.6 is 0 Å². The Bertz CT molecular complexity index is 674. The Labute approximate surface area is 137 Å². The Hall–Kier alpha value is -1.44. The smallest absolute Gasteiger partial charge is 0.338 e. The summed E-state index contributed by atoms with van der Waals surface area (Å²) in [7, 11) is -4.05. The molecule has 128 valence electrons. The number of rotatable bonds is 5. The van der Waals surface area contributed by atoms with E-state index in [0.717, 1.165) is 6.54 Å². The first-order valence-electron chi connectivity index (χ1n) is 7.55. The SMILES string of the molecule is Cc1ccccc1S(=O)(=O)OC(C(=O)OC(C)(C)C)[C@H]1CCN1. The molecule has 1 N–H and O–H groups in total. The van der Waals surface area contributed by atoms with Gasteiger partial charge >= 0.3 is 5.97 Å². The van der Waals surface area contributed by atoms with Gasteiger partial charge in [0.05, 0.1) is 4.90 Å². The van der Waals surface area contributed by atoms with E-state index in [1.54, 1.807) is 45.9 Å². The lowest BCUT2D eigenvalue weighted by molar-refractivity contribution is -0.165. The fourth-order valence-electron chi connectivity index (χ4n) is 2.23. The van der Waals surface area contributed by atoms with Crippen LogP contribution in [-0.2, 0) is 23.8 Å². The minimum absolute atomic E-state index is 0.0629. The number of carbonyl (C=O) groups excluding carboxylic acids is 1. The van der Waals surface area contributed by atoms with Gasteiger partial charge in [-0.2, -0.15) is 8.42 Å². The molecule has 23 heavy (non-hydrogen) atoms. The number of hydrogen-bond donors (Lipinski definition) is 1. The van der Waals surface area contributed by atoms with Gasteiger partial charge in [-0.05, 0) is 52.3 Å². The zero-order chi connectivity index (χ0) is 17.3. The maximum Gasteiger partial charge on any atom is 0.338 e. The van der Waals surface area contributed by atoms with Crippen LogP contribution in [0.2, 0.25) is 0 Å². The topological polar surface area (TPSA) is 81.7 Å². The summed E-state index contributed by atoms with van der Waals surface area (Å²) >= 11 is 0. The normalized spacial score (nSPS) is 19.7. The largest absolute Gasteiger partial charge is 0.458 e. The second kappa shape index (κ2) is 6.59. The molecule has 1 fully saturated rings. The first kappa shape index (κ1) is 17.9. The summed E-state index contributed by atoms with van der Waals surface area (Å²) in [6.45, 7) is 7.59. The molecule has 0 aliphatic carbocycles. The van der Waals surface area contributed by atoms with Gasteiger partial charge in [0.25, 0.3) is 10.1 Å². The van der Waals surface area contributed by atoms with Crippen molar-refractivity contribution in [2.45, 2.75) is 56.8 Å². The van der Waals surface area contributed by atoms with Crippen molar-refractivity contribution < 1.29 is 22.1 Å². The van der Waals surface area contributed by atoms with Crippen molar-refractivity contribution >= 4 is 16.1 Å². The molecule has 0 bridgehead atoms. The third kappa shape index (κ3) is 4.53. The van der Waals surface area contributed by atoms with Gasteiger partial charge in [-0.15, -0.1) is 0 Å². The van der Waals surface area contributed by atoms with Gasteiger partial charge in [0.15, 0.2) is 6.10 Å². The van der Waals surface area contributed by atoms with E-state index in [1.165, 1.54) is 6.07 Å². The average Bonchev–Trinajstić information content (AvgIpc) is 2.33. The maximum absolute atomic E-state index is 12.5. The summed E-state index contributed by atoms with van der Waals surface area (Å²) in [5.74, 6) is -0.674. The molecule has 1 aliphatic rings. The zero-order valence-electron chi connectivity index (χ0n) is 13.8. The highest BCUT2D eigenvalue weighted by molar-refractivity contribution is 7.86. The fourth-order valence-corrected chi connectivity index (χ4v) is 3.52. The van der Waals surface area contributed by atoms with Crippen molar-refractivity contribution in [1.82, 2.24) is 5.32 Å². The molecular formula is C16H23NO5S. The van der Waals surface area contributed by atoms with Crippen molar-refractivity contribution in [1.29, 1.82) is 0 Å². The zero-order valence-corrected chi connectivity index (χ0v) is 14.6. The second-order valence-corrected chi connectivity index (χ2v) is 8.16. The van der Waals surface area contributed by atoms with Gasteiger partial charge in [-0.1, -0.05) is 18.2 Å². The van der Waals surface area contributed by atoms with Crippen LogP contribution in [0.25, 0.3) is 0 Å². The third-order valence-corrected chi connectivity index (χ3v) is 4.92. The molecule has 1 aromatic carbocycles. The van der Waals surface area contributed by atoms with Gasteiger partial charge in [-0.25, -0.2) is 8.98 Å². The number of esters is 1. The predicted octanol–water partition coefficient (Wildman–Crippen LogP) is 1.77. The minimum atomic E-state index is -4.05. The lowest BCUT2D eigenvalue weighted by Gasteiger charge is -2.34. The van der Waals surface area contributed by atoms with E-state index >= 15 is 0 Å². The number of aryl methyl sites for hydroxylation is 1. The Kier molecular flexibility index (Phi) is 5.13. The Morgan fingerprint density at radius 1 is 1.30 bits per heavy atom. The second-order valence-electron chi connectivity index (χ2n) is 6.62. The molecule has 0 radical (unpaired) electrons. The molecule has 1 unspecified atom stereocenters. The van der Waals surface area contributed by atoms with Gasteiger partial charge in [0.1, 0.15) is 5.60 Å². The molecule has 0 spiro atoms. The minimum Gasteiger partial charge on any atom is -0.458 e. The molecule has 1 aromatic rings. The monoisotopic (exact) mass is 341 g/mol. The van der Waals surface area contributed by atoms with Crippen LogP contribution in [0.5, 0.6) is 0 Å². The molecule has 1 aliphatic heterocycles. The highest BCUT2D eigenvalue weighted by atomic mass is 32.2. The van der Waals surface area contributed by atoms with E-state index in [4.69, 9.17) is 8.92 Å². The molecule has 1 saturated heterocycles. The van der Waals surface area contributed by atoms with E-state index < -0.39 is 27.8 Å². The molecule has 2 rings (SSSR count). The summed E-state index contributed by atoms with van der Waals surface area (Å²) in [5, 5.41) is 3.01. The van der Waals surface area contributed by atoms with Crippen molar-refractivity contribution in [3.8, 4) is 0 Å². The number of ether oxygens (including phenoxy) is 1. The fraction of sp³-hybridized carbons (Fsp3) is 0.562. The van der Waals surface area contributed by atoms with E-state index in [9.17, 15) is 13.2 Å². The molecule has 1 heterocycles. The molecule has 7 heteroatoms. The molecule has 6 nitrogen and oxygen atoms in total. The first-order valence-corrected chi connectivity index (χ1v) is 8.96. The van der Waals surface area contributed by atoms with Gasteiger partial charge < -0.3 is 10.1 Å². The average molecular weight is 341 g/mol. The summed E-state index contributed by atoms with van der Waals surface area (Å²) in [5.41, 5.74) is -0.147. The standard InChI is InChI=1S/C16H23NO5S/c1-11-7-5-6-8-13(11)23(19,20)22-14(12-9-10-17-12)15(18)21-16(2,3)4/h5-8,12,14,17H,9-10H2,1-4H3/t12-,14?/m1/s1. The Balaban J connectivity index is 2.24. The van der Waals surface area contributed by atoms with Crippen LogP contribution < -0.4 is 5.32 Å². The van der Waals surface area contributed by atoms with Gasteiger partial charge in [-0.3, -0.25) is 0 Å². The lowest BCUT2D eigenvalue weighted by atomic mass is 10.0. The Morgan fingerprint density at radius 2 is 1.91 bits per heavy atom. The van der Waals surface area contributed by atoms with E-state index in [2.05, 4.69) is 5.32 Å². The lowest BCUT2D eigenvalue weighted by Crippen LogP contribution is -2.56. The molecule has 0 amide bonds. The van der Waals surface area contributed by atoms with Crippen LogP contribution in [0.15, 0.2) is 29.2 Å². The maximum atomic E-state index is 12.5. The number of nitrogens with one attached hydrogen (secondary N) is 1. The highest BCUT2D eigenvalue weighted by Gasteiger charge is 2.40. The summed E-state index contributed by atoms with van der Waals surface area (Å²) in [6, 6.07) is 6.15. The van der Waals surface area contributed by atoms with Crippen LogP contribution in [-0.4, -0.2) is 38.7 Å². The van der Waals surface area contributed by atoms with Crippen molar-refractivity contribution in [3.63, 3.8) is 0 Å². The van der Waals surface area contributed by atoms with E-state index in [0.29, 0.717) is 12.0 Å². The van der Waals surface area contributed by atoms with Crippen LogP contribution in [0.3, 0.4) is 0 Å². The number of hydrogen-bond acceptors (Lipinski definition) is 6. The molecule has 0 aromatic heterocycles. The summed E-state index contributed by atoms with van der Waals surface area (Å²) in [6.07, 6.45) is -0.528. The van der Waals surface area contributed by atoms with Crippen molar-refractivity contribution in [2.75, 3.05) is 6.54 Å². The van der Waals surface area contributed by atoms with Gasteiger partial charge in [0.2, 0.25) is 0 Å². The van der Waals surface area contributed by atoms with Gasteiger partial charge in [0, 0.05) is 6.04 Å². The van der Waals surface area contributed by atoms with E-state index in [-0.39, 0.29) is 10.9 Å². The van der Waals surface area contributed by atoms with Crippen LogP contribution in [0, 0.1) is 6.92 Å². The first-order chi connectivity index (χ1) is 10.6. The summed E-state index contributed by atoms with van der Waals surface area (Å²) < 4.78 is 35.6. The van der Waals surface area contributed by atoms with Crippen molar-refractivity contribution in [3.05, 3.63) is 29.8 Å². The molecule has 0 saturated carbocycles.